The number of nitrogens with one attached hydrogen (secondary N) is 2. The van der Waals surface area contributed by atoms with Gasteiger partial charge in [0.2, 0.25) is 0 Å². The molecule has 1 aliphatic rings. The molecule has 0 amide bonds. The third-order valence-electron chi connectivity index (χ3n) is 2.12. The molecule has 0 saturated carbocycles. The Morgan fingerprint density at radius 2 is 1.92 bits per heavy atom. The first-order valence-electron chi connectivity index (χ1n) is 4.61. The maximum absolute atomic E-state index is 5.06. The summed E-state index contributed by atoms with van der Waals surface area (Å²) in [7, 11) is 3.29. The lowest BCUT2D eigenvalue weighted by atomic mass is 10.4. The van der Waals surface area contributed by atoms with Crippen molar-refractivity contribution >= 4 is 0 Å². The van der Waals surface area contributed by atoms with Crippen molar-refractivity contribution in [1.82, 2.24) is 15.8 Å². The van der Waals surface area contributed by atoms with Crippen molar-refractivity contribution < 1.29 is 9.47 Å². The van der Waals surface area contributed by atoms with E-state index in [2.05, 4.69) is 15.8 Å². The highest BCUT2D eigenvalue weighted by Crippen LogP contribution is 1.91. The zero-order chi connectivity index (χ0) is 9.52. The van der Waals surface area contributed by atoms with Gasteiger partial charge in [-0.25, -0.2) is 5.01 Å². The molecule has 0 atom stereocenters. The molecule has 1 fully saturated rings. The fraction of sp³-hybridized carbons (Fsp3) is 1.00. The molecule has 0 bridgehead atoms. The van der Waals surface area contributed by atoms with Crippen molar-refractivity contribution in [2.75, 3.05) is 46.9 Å². The van der Waals surface area contributed by atoms with Gasteiger partial charge in [-0.2, -0.15) is 0 Å². The van der Waals surface area contributed by atoms with Gasteiger partial charge in [-0.3, -0.25) is 5.43 Å². The van der Waals surface area contributed by atoms with E-state index in [1.165, 1.54) is 0 Å². The van der Waals surface area contributed by atoms with Crippen molar-refractivity contribution in [3.63, 3.8) is 0 Å². The molecular formula is C8H19N3O2. The molecular weight excluding hydrogens is 170 g/mol. The second-order valence-electron chi connectivity index (χ2n) is 3.00. The minimum absolute atomic E-state index is 0.158. The number of rotatable bonds is 5. The molecule has 0 aromatic rings. The number of hydrazine groups is 1. The minimum Gasteiger partial charge on any atom is -0.354 e. The van der Waals surface area contributed by atoms with Crippen LogP contribution in [0.4, 0.5) is 0 Å². The Kier molecular flexibility index (Phi) is 5.26. The fourth-order valence-corrected chi connectivity index (χ4v) is 1.29. The van der Waals surface area contributed by atoms with Crippen LogP contribution in [0.25, 0.3) is 0 Å². The van der Waals surface area contributed by atoms with Gasteiger partial charge in [0, 0.05) is 40.4 Å². The number of piperazine rings is 1. The van der Waals surface area contributed by atoms with Gasteiger partial charge in [-0.15, -0.1) is 0 Å². The second kappa shape index (κ2) is 6.28. The maximum Gasteiger partial charge on any atom is 0.170 e. The minimum atomic E-state index is -0.158. The highest BCUT2D eigenvalue weighted by atomic mass is 16.7. The molecule has 1 heterocycles. The first kappa shape index (κ1) is 10.9. The van der Waals surface area contributed by atoms with E-state index in [1.807, 2.05) is 0 Å². The topological polar surface area (TPSA) is 45.8 Å². The van der Waals surface area contributed by atoms with Gasteiger partial charge in [-0.1, -0.05) is 0 Å². The van der Waals surface area contributed by atoms with Crippen molar-refractivity contribution in [2.24, 2.45) is 0 Å². The van der Waals surface area contributed by atoms with E-state index >= 15 is 0 Å². The summed E-state index contributed by atoms with van der Waals surface area (Å²) in [6.07, 6.45) is -0.158. The second-order valence-corrected chi connectivity index (χ2v) is 3.00. The van der Waals surface area contributed by atoms with E-state index < -0.39 is 0 Å². The van der Waals surface area contributed by atoms with E-state index in [1.54, 1.807) is 14.2 Å². The highest BCUT2D eigenvalue weighted by molar-refractivity contribution is 4.64. The Morgan fingerprint density at radius 1 is 1.31 bits per heavy atom. The van der Waals surface area contributed by atoms with Crippen LogP contribution in [-0.4, -0.2) is 58.2 Å². The third kappa shape index (κ3) is 4.02. The van der Waals surface area contributed by atoms with Crippen LogP contribution in [0.1, 0.15) is 0 Å². The zero-order valence-electron chi connectivity index (χ0n) is 8.38. The summed E-state index contributed by atoms with van der Waals surface area (Å²) in [5.41, 5.74) is 3.27. The summed E-state index contributed by atoms with van der Waals surface area (Å²) in [6, 6.07) is 0. The fourth-order valence-electron chi connectivity index (χ4n) is 1.29. The average molecular weight is 189 g/mol. The van der Waals surface area contributed by atoms with Crippen LogP contribution in [-0.2, 0) is 9.47 Å². The summed E-state index contributed by atoms with van der Waals surface area (Å²) < 4.78 is 10.1. The first-order valence-corrected chi connectivity index (χ1v) is 4.61. The van der Waals surface area contributed by atoms with E-state index in [0.29, 0.717) is 6.54 Å². The van der Waals surface area contributed by atoms with E-state index in [4.69, 9.17) is 9.47 Å². The lowest BCUT2D eigenvalue weighted by Crippen LogP contribution is -2.52. The molecule has 0 spiro atoms. The van der Waals surface area contributed by atoms with E-state index in [-0.39, 0.29) is 6.29 Å². The number of nitrogens with zero attached hydrogens (tertiary/aromatic N) is 1. The zero-order valence-corrected chi connectivity index (χ0v) is 8.38. The van der Waals surface area contributed by atoms with Crippen LogP contribution in [0.5, 0.6) is 0 Å². The van der Waals surface area contributed by atoms with Gasteiger partial charge in [0.15, 0.2) is 6.29 Å². The van der Waals surface area contributed by atoms with Gasteiger partial charge in [-0.05, 0) is 0 Å². The predicted molar refractivity (Wildman–Crippen MR) is 50.3 cm³/mol. The summed E-state index contributed by atoms with van der Waals surface area (Å²) >= 11 is 0. The number of hydrogen-bond donors (Lipinski definition) is 2. The van der Waals surface area contributed by atoms with Gasteiger partial charge in [0.1, 0.15) is 0 Å². The Bertz CT molecular complexity index is 125. The van der Waals surface area contributed by atoms with Crippen molar-refractivity contribution in [3.05, 3.63) is 0 Å². The lowest BCUT2D eigenvalue weighted by Gasteiger charge is -2.29. The maximum atomic E-state index is 5.06. The largest absolute Gasteiger partial charge is 0.354 e. The molecule has 1 rings (SSSR count). The molecule has 5 nitrogen and oxygen atoms in total. The summed E-state index contributed by atoms with van der Waals surface area (Å²) in [4.78, 5) is 0. The smallest absolute Gasteiger partial charge is 0.170 e. The molecule has 2 N–H and O–H groups in total. The van der Waals surface area contributed by atoms with Crippen molar-refractivity contribution in [1.29, 1.82) is 0 Å². The quantitative estimate of drug-likeness (QED) is 0.544. The highest BCUT2D eigenvalue weighted by Gasteiger charge is 2.11. The monoisotopic (exact) mass is 189 g/mol. The van der Waals surface area contributed by atoms with Crippen molar-refractivity contribution in [2.45, 2.75) is 6.29 Å². The van der Waals surface area contributed by atoms with Gasteiger partial charge < -0.3 is 14.8 Å². The molecule has 1 saturated heterocycles. The molecule has 0 radical (unpaired) electrons. The van der Waals surface area contributed by atoms with E-state index in [9.17, 15) is 0 Å². The predicted octanol–water partition coefficient (Wildman–Crippen LogP) is -0.985. The number of ether oxygens (including phenoxy) is 2. The van der Waals surface area contributed by atoms with Crippen LogP contribution < -0.4 is 10.7 Å². The first-order chi connectivity index (χ1) is 6.36. The normalized spacial score (nSPS) is 19.6. The standard InChI is InChI=1S/C8H19N3O2/c1-12-8(13-2)7-10-11-5-3-9-4-6-11/h8-10H,3-7H2,1-2H3. The summed E-state index contributed by atoms with van der Waals surface area (Å²) in [5.74, 6) is 0. The van der Waals surface area contributed by atoms with Gasteiger partial charge >= 0.3 is 0 Å². The molecule has 0 aromatic heterocycles. The number of methoxy groups -OCH3 is 2. The molecule has 0 unspecified atom stereocenters. The molecule has 13 heavy (non-hydrogen) atoms. The SMILES string of the molecule is COC(CNN1CCNCC1)OC. The Labute approximate surface area is 79.3 Å². The van der Waals surface area contributed by atoms with Crippen LogP contribution in [0.15, 0.2) is 0 Å². The van der Waals surface area contributed by atoms with Gasteiger partial charge in [0.05, 0.1) is 6.54 Å². The lowest BCUT2D eigenvalue weighted by molar-refractivity contribution is -0.107. The summed E-state index contributed by atoms with van der Waals surface area (Å²) in [5, 5.41) is 5.47. The molecule has 1 aliphatic heterocycles. The average Bonchev–Trinajstić information content (AvgIpc) is 2.21. The van der Waals surface area contributed by atoms with E-state index in [0.717, 1.165) is 26.2 Å². The molecule has 78 valence electrons. The van der Waals surface area contributed by atoms with Crippen molar-refractivity contribution in [3.8, 4) is 0 Å². The Morgan fingerprint density at radius 3 is 2.46 bits per heavy atom. The summed E-state index contributed by atoms with van der Waals surface area (Å²) in [6.45, 7) is 4.84. The Balaban J connectivity index is 2.09. The van der Waals surface area contributed by atoms with Crippen LogP contribution >= 0.6 is 0 Å². The van der Waals surface area contributed by atoms with Crippen LogP contribution in [0.3, 0.4) is 0 Å². The Hall–Kier alpha value is -0.200. The molecule has 0 aromatic carbocycles. The number of hydrogen-bond acceptors (Lipinski definition) is 5. The molecule has 0 aliphatic carbocycles. The van der Waals surface area contributed by atoms with Crippen LogP contribution in [0, 0.1) is 0 Å². The van der Waals surface area contributed by atoms with Gasteiger partial charge in [0.25, 0.3) is 0 Å². The molecule has 5 heteroatoms. The van der Waals surface area contributed by atoms with Crippen LogP contribution in [0.2, 0.25) is 0 Å². The third-order valence-corrected chi connectivity index (χ3v) is 2.12.